The minimum Gasteiger partial charge on any atom is -0.345 e. The van der Waals surface area contributed by atoms with Crippen molar-refractivity contribution in [2.75, 3.05) is 0 Å². The molecule has 7 aromatic rings. The number of fused-ring (bicyclic) bond motifs is 7. The number of allylic oxidation sites excluding steroid dienone is 4. The Balaban J connectivity index is 1.19. The molecule has 3 heterocycles. The molecule has 0 amide bonds. The fourth-order valence-corrected chi connectivity index (χ4v) is 8.07. The Morgan fingerprint density at radius 3 is 2.33 bits per heavy atom. The van der Waals surface area contributed by atoms with E-state index < -0.39 is 0 Å². The zero-order valence-corrected chi connectivity index (χ0v) is 27.5. The van der Waals surface area contributed by atoms with Gasteiger partial charge in [-0.25, -0.2) is 0 Å². The number of hydrogen-bond donors (Lipinski definition) is 1. The molecule has 4 nitrogen and oxygen atoms in total. The molecule has 0 spiro atoms. The second kappa shape index (κ2) is 11.1. The van der Waals surface area contributed by atoms with Gasteiger partial charge in [0.1, 0.15) is 12.0 Å². The number of nitrogens with one attached hydrogen (secondary N) is 1. The quantitative estimate of drug-likeness (QED) is 0.212. The number of nitrogens with zero attached hydrogens (tertiary/aromatic N) is 3. The lowest BCUT2D eigenvalue weighted by atomic mass is 10.0. The molecule has 10 rings (SSSR count). The van der Waals surface area contributed by atoms with Crippen molar-refractivity contribution in [3.63, 3.8) is 0 Å². The predicted molar refractivity (Wildman–Crippen MR) is 203 cm³/mol. The summed E-state index contributed by atoms with van der Waals surface area (Å²) >= 11 is 0. The molecule has 4 heteroatoms. The first-order valence-electron chi connectivity index (χ1n) is 17.5. The van der Waals surface area contributed by atoms with Gasteiger partial charge in [-0.15, -0.1) is 0 Å². The van der Waals surface area contributed by atoms with E-state index in [4.69, 9.17) is 4.99 Å². The van der Waals surface area contributed by atoms with E-state index in [9.17, 15) is 0 Å². The van der Waals surface area contributed by atoms with Crippen LogP contribution in [0.5, 0.6) is 0 Å². The Morgan fingerprint density at radius 2 is 1.43 bits per heavy atom. The van der Waals surface area contributed by atoms with Crippen LogP contribution in [0.4, 0.5) is 0 Å². The molecular formula is C45H36N4. The molecule has 2 atom stereocenters. The molecule has 0 radical (unpaired) electrons. The third-order valence-electron chi connectivity index (χ3n) is 10.5. The lowest BCUT2D eigenvalue weighted by molar-refractivity contribution is 0.613. The Labute approximate surface area is 284 Å². The van der Waals surface area contributed by atoms with Crippen molar-refractivity contribution in [3.05, 3.63) is 160 Å². The van der Waals surface area contributed by atoms with Crippen LogP contribution in [0.3, 0.4) is 0 Å². The SMILES string of the molecule is CC1C=CC(n2c3ccccc3c3cc(-c4ccc5c6c(n(C7=c8ccccc8=NC(c8ccccc8)N7)c5c4)=CCCC=6)ccc32)=CC1. The molecule has 0 saturated heterocycles. The average Bonchev–Trinajstić information content (AvgIpc) is 3.67. The van der Waals surface area contributed by atoms with Gasteiger partial charge in [-0.3, -0.25) is 9.56 Å². The summed E-state index contributed by atoms with van der Waals surface area (Å²) in [5.74, 6) is 1.66. The maximum atomic E-state index is 5.15. The summed E-state index contributed by atoms with van der Waals surface area (Å²) in [6.07, 6.45) is 14.8. The van der Waals surface area contributed by atoms with Crippen LogP contribution in [0, 0.1) is 5.92 Å². The van der Waals surface area contributed by atoms with Crippen molar-refractivity contribution < 1.29 is 0 Å². The van der Waals surface area contributed by atoms with E-state index in [-0.39, 0.29) is 6.17 Å². The first kappa shape index (κ1) is 28.2. The maximum absolute atomic E-state index is 5.15. The molecule has 3 aliphatic rings. The van der Waals surface area contributed by atoms with Gasteiger partial charge in [0.15, 0.2) is 0 Å². The highest BCUT2D eigenvalue weighted by Crippen LogP contribution is 2.36. The Kier molecular flexibility index (Phi) is 6.38. The smallest absolute Gasteiger partial charge is 0.146 e. The van der Waals surface area contributed by atoms with Gasteiger partial charge >= 0.3 is 0 Å². The maximum Gasteiger partial charge on any atom is 0.146 e. The van der Waals surface area contributed by atoms with Crippen LogP contribution in [0.2, 0.25) is 0 Å². The summed E-state index contributed by atoms with van der Waals surface area (Å²) in [6.45, 7) is 2.28. The minimum atomic E-state index is -0.174. The summed E-state index contributed by atoms with van der Waals surface area (Å²) in [7, 11) is 0. The standard InChI is InChI=1S/C45H36N4/c1-29-19-23-33(24-20-29)48-40-17-9-7-14-35(40)38-27-31(22-26-42(38)48)32-21-25-36-34-13-6-10-18-41(34)49(43(36)28-32)45-37-15-5-8-16-39(37)46-44(47-45)30-11-3-2-4-12-30/h2-5,7-9,11-19,21-29,44,47H,6,10,20H2,1H3. The molecule has 1 aliphatic heterocycles. The summed E-state index contributed by atoms with van der Waals surface area (Å²) < 4.78 is 4.89. The molecule has 0 fully saturated rings. The van der Waals surface area contributed by atoms with Gasteiger partial charge in [-0.1, -0.05) is 110 Å². The number of hydrogen-bond acceptors (Lipinski definition) is 2. The molecular weight excluding hydrogens is 597 g/mol. The third-order valence-corrected chi connectivity index (χ3v) is 10.5. The number of aromatic nitrogens is 2. The normalized spacial score (nSPS) is 18.3. The Bertz CT molecular complexity index is 2790. The van der Waals surface area contributed by atoms with Gasteiger partial charge in [0.2, 0.25) is 0 Å². The van der Waals surface area contributed by atoms with Gasteiger partial charge in [0.05, 0.1) is 27.3 Å². The van der Waals surface area contributed by atoms with Crippen LogP contribution in [0.25, 0.3) is 67.5 Å². The lowest BCUT2D eigenvalue weighted by Gasteiger charge is -2.24. The van der Waals surface area contributed by atoms with Crippen LogP contribution >= 0.6 is 0 Å². The second-order valence-corrected chi connectivity index (χ2v) is 13.6. The molecule has 2 aliphatic carbocycles. The van der Waals surface area contributed by atoms with Gasteiger partial charge in [0, 0.05) is 32.3 Å². The molecule has 2 aromatic heterocycles. The van der Waals surface area contributed by atoms with Crippen LogP contribution in [0.1, 0.15) is 37.9 Å². The highest BCUT2D eigenvalue weighted by molar-refractivity contribution is 6.11. The number of rotatable bonds is 4. The van der Waals surface area contributed by atoms with Crippen LogP contribution in [0.15, 0.2) is 138 Å². The van der Waals surface area contributed by atoms with E-state index in [0.29, 0.717) is 5.92 Å². The molecule has 49 heavy (non-hydrogen) atoms. The third kappa shape index (κ3) is 4.48. The summed E-state index contributed by atoms with van der Waals surface area (Å²) in [5, 5.41) is 12.4. The predicted octanol–water partition coefficient (Wildman–Crippen LogP) is 7.74. The summed E-state index contributed by atoms with van der Waals surface area (Å²) in [5.41, 5.74) is 8.54. The summed E-state index contributed by atoms with van der Waals surface area (Å²) in [6, 6.07) is 41.9. The highest BCUT2D eigenvalue weighted by atomic mass is 15.2. The zero-order chi connectivity index (χ0) is 32.5. The fraction of sp³-hybridized carbons (Fsp3) is 0.133. The highest BCUT2D eigenvalue weighted by Gasteiger charge is 2.22. The van der Waals surface area contributed by atoms with Crippen molar-refractivity contribution in [2.45, 2.75) is 32.4 Å². The van der Waals surface area contributed by atoms with Crippen LogP contribution < -0.4 is 26.5 Å². The first-order chi connectivity index (χ1) is 24.2. The Hall–Kier alpha value is -5.87. The first-order valence-corrected chi connectivity index (χ1v) is 17.5. The van der Waals surface area contributed by atoms with Crippen LogP contribution in [-0.4, -0.2) is 9.13 Å². The average molecular weight is 633 g/mol. The largest absolute Gasteiger partial charge is 0.345 e. The van der Waals surface area contributed by atoms with Crippen molar-refractivity contribution >= 4 is 56.4 Å². The van der Waals surface area contributed by atoms with Gasteiger partial charge in [-0.05, 0) is 84.3 Å². The molecule has 0 saturated carbocycles. The van der Waals surface area contributed by atoms with E-state index in [2.05, 4.69) is 167 Å². The fourth-order valence-electron chi connectivity index (χ4n) is 8.07. The van der Waals surface area contributed by atoms with E-state index in [1.54, 1.807) is 0 Å². The molecule has 2 unspecified atom stereocenters. The monoisotopic (exact) mass is 632 g/mol. The van der Waals surface area contributed by atoms with Crippen molar-refractivity contribution in [1.82, 2.24) is 14.5 Å². The van der Waals surface area contributed by atoms with Gasteiger partial charge < -0.3 is 9.88 Å². The van der Waals surface area contributed by atoms with Gasteiger partial charge in [-0.2, -0.15) is 0 Å². The Morgan fingerprint density at radius 1 is 0.653 bits per heavy atom. The summed E-state index contributed by atoms with van der Waals surface area (Å²) in [4.78, 5) is 5.15. The number of para-hydroxylation sites is 2. The second-order valence-electron chi connectivity index (χ2n) is 13.6. The molecule has 5 aromatic carbocycles. The van der Waals surface area contributed by atoms with E-state index in [1.807, 2.05) is 0 Å². The van der Waals surface area contributed by atoms with E-state index in [1.165, 1.54) is 60.1 Å². The lowest BCUT2D eigenvalue weighted by Crippen LogP contribution is -2.45. The molecule has 236 valence electrons. The van der Waals surface area contributed by atoms with Crippen LogP contribution in [-0.2, 0) is 0 Å². The minimum absolute atomic E-state index is 0.174. The zero-order valence-electron chi connectivity index (χ0n) is 27.5. The van der Waals surface area contributed by atoms with E-state index in [0.717, 1.165) is 41.2 Å². The van der Waals surface area contributed by atoms with Gasteiger partial charge in [0.25, 0.3) is 0 Å². The van der Waals surface area contributed by atoms with Crippen molar-refractivity contribution in [3.8, 4) is 11.1 Å². The van der Waals surface area contributed by atoms with E-state index >= 15 is 0 Å². The number of benzene rings is 5. The molecule has 0 bridgehead atoms. The molecule has 1 N–H and O–H groups in total. The van der Waals surface area contributed by atoms with Crippen molar-refractivity contribution in [1.29, 1.82) is 0 Å². The van der Waals surface area contributed by atoms with Crippen molar-refractivity contribution in [2.24, 2.45) is 10.9 Å². The topological polar surface area (TPSA) is 34.2 Å².